The van der Waals surface area contributed by atoms with E-state index >= 15 is 0 Å². The van der Waals surface area contributed by atoms with Crippen LogP contribution in [-0.4, -0.2) is 5.11 Å². The van der Waals surface area contributed by atoms with Gasteiger partial charge in [0, 0.05) is 25.3 Å². The minimum Gasteiger partial charge on any atom is -0.384 e. The monoisotopic (exact) mass is 352 g/mol. The van der Waals surface area contributed by atoms with Gasteiger partial charge in [-0.3, -0.25) is 0 Å². The number of aliphatic hydroxyl groups is 1. The quantitative estimate of drug-likeness (QED) is 0.654. The van der Waals surface area contributed by atoms with Gasteiger partial charge in [-0.1, -0.05) is 45.7 Å². The second-order valence-corrected chi connectivity index (χ2v) is 6.49. The summed E-state index contributed by atoms with van der Waals surface area (Å²) in [6, 6.07) is 13.5. The third kappa shape index (κ3) is 2.43. The van der Waals surface area contributed by atoms with Crippen molar-refractivity contribution in [2.45, 2.75) is 6.10 Å². The summed E-state index contributed by atoms with van der Waals surface area (Å²) in [6.07, 6.45) is -0.715. The maximum absolute atomic E-state index is 10.6. The lowest BCUT2D eigenvalue weighted by atomic mass is 10.0. The second kappa shape index (κ2) is 5.25. The molecule has 1 atom stereocenters. The fraction of sp³-hybridized carbons (Fsp3) is 0.0667. The Balaban J connectivity index is 2.15. The SMILES string of the molecule is OC(c1cc(Br)ccc1Cl)c1cccc2ccsc12. The Labute approximate surface area is 128 Å². The van der Waals surface area contributed by atoms with Crippen LogP contribution < -0.4 is 0 Å². The molecule has 4 heteroatoms. The molecule has 1 N–H and O–H groups in total. The van der Waals surface area contributed by atoms with E-state index in [0.717, 1.165) is 25.7 Å². The normalized spacial score (nSPS) is 12.8. The number of thiophene rings is 1. The van der Waals surface area contributed by atoms with E-state index in [2.05, 4.69) is 22.0 Å². The molecule has 0 aliphatic heterocycles. The van der Waals surface area contributed by atoms with Crippen LogP contribution in [0.2, 0.25) is 5.02 Å². The molecular formula is C15H10BrClOS. The van der Waals surface area contributed by atoms with E-state index in [-0.39, 0.29) is 0 Å². The molecule has 1 unspecified atom stereocenters. The number of halogens is 2. The molecular weight excluding hydrogens is 344 g/mol. The standard InChI is InChI=1S/C15H10BrClOS/c16-10-4-5-13(17)12(8-10)14(18)11-3-1-2-9-6-7-19-15(9)11/h1-8,14,18H. The average Bonchev–Trinajstić information content (AvgIpc) is 2.89. The first-order valence-electron chi connectivity index (χ1n) is 5.76. The molecule has 2 aromatic carbocycles. The number of hydrogen-bond donors (Lipinski definition) is 1. The highest BCUT2D eigenvalue weighted by molar-refractivity contribution is 9.10. The van der Waals surface area contributed by atoms with Gasteiger partial charge in [-0.05, 0) is 35.0 Å². The predicted molar refractivity (Wildman–Crippen MR) is 85.0 cm³/mol. The fourth-order valence-electron chi connectivity index (χ4n) is 2.12. The van der Waals surface area contributed by atoms with Crippen LogP contribution in [0.5, 0.6) is 0 Å². The zero-order valence-electron chi connectivity index (χ0n) is 9.81. The molecule has 1 nitrogen and oxygen atoms in total. The Morgan fingerprint density at radius 1 is 1.11 bits per heavy atom. The van der Waals surface area contributed by atoms with Crippen LogP contribution in [-0.2, 0) is 0 Å². The Hall–Kier alpha value is -0.870. The van der Waals surface area contributed by atoms with Crippen LogP contribution in [0.15, 0.2) is 52.3 Å². The van der Waals surface area contributed by atoms with E-state index < -0.39 is 6.10 Å². The highest BCUT2D eigenvalue weighted by atomic mass is 79.9. The lowest BCUT2D eigenvalue weighted by molar-refractivity contribution is 0.222. The van der Waals surface area contributed by atoms with E-state index in [1.807, 2.05) is 35.7 Å². The van der Waals surface area contributed by atoms with Crippen molar-refractivity contribution < 1.29 is 5.11 Å². The summed E-state index contributed by atoms with van der Waals surface area (Å²) in [5.41, 5.74) is 1.62. The highest BCUT2D eigenvalue weighted by Gasteiger charge is 2.17. The number of fused-ring (bicyclic) bond motifs is 1. The number of aliphatic hydroxyl groups excluding tert-OH is 1. The van der Waals surface area contributed by atoms with Crippen LogP contribution in [0.3, 0.4) is 0 Å². The van der Waals surface area contributed by atoms with Gasteiger partial charge in [-0.15, -0.1) is 11.3 Å². The maximum Gasteiger partial charge on any atom is 0.107 e. The maximum atomic E-state index is 10.6. The lowest BCUT2D eigenvalue weighted by Crippen LogP contribution is -2.00. The molecule has 0 saturated heterocycles. The molecule has 0 bridgehead atoms. The lowest BCUT2D eigenvalue weighted by Gasteiger charge is -2.14. The van der Waals surface area contributed by atoms with Crippen molar-refractivity contribution >= 4 is 49.0 Å². The molecule has 1 aromatic heterocycles. The van der Waals surface area contributed by atoms with Crippen LogP contribution in [0.25, 0.3) is 10.1 Å². The van der Waals surface area contributed by atoms with Crippen LogP contribution in [0.1, 0.15) is 17.2 Å². The predicted octanol–water partition coefficient (Wildman–Crippen LogP) is 5.40. The Bertz CT molecular complexity index is 738. The van der Waals surface area contributed by atoms with E-state index in [4.69, 9.17) is 11.6 Å². The first kappa shape index (κ1) is 13.1. The molecule has 0 saturated carbocycles. The fourth-order valence-corrected chi connectivity index (χ4v) is 3.66. The van der Waals surface area contributed by atoms with Crippen molar-refractivity contribution in [3.05, 3.63) is 68.5 Å². The Kier molecular flexibility index (Phi) is 3.63. The van der Waals surface area contributed by atoms with E-state index in [0.29, 0.717) is 5.02 Å². The summed E-state index contributed by atoms with van der Waals surface area (Å²) in [5.74, 6) is 0. The van der Waals surface area contributed by atoms with Gasteiger partial charge in [0.2, 0.25) is 0 Å². The van der Waals surface area contributed by atoms with Gasteiger partial charge in [0.15, 0.2) is 0 Å². The molecule has 96 valence electrons. The summed E-state index contributed by atoms with van der Waals surface area (Å²) >= 11 is 11.2. The van der Waals surface area contributed by atoms with Gasteiger partial charge in [-0.25, -0.2) is 0 Å². The molecule has 19 heavy (non-hydrogen) atoms. The highest BCUT2D eigenvalue weighted by Crippen LogP contribution is 2.35. The Morgan fingerprint density at radius 3 is 2.79 bits per heavy atom. The van der Waals surface area contributed by atoms with Crippen molar-refractivity contribution in [1.82, 2.24) is 0 Å². The van der Waals surface area contributed by atoms with Gasteiger partial charge in [0.05, 0.1) is 0 Å². The van der Waals surface area contributed by atoms with Gasteiger partial charge in [0.25, 0.3) is 0 Å². The minimum absolute atomic E-state index is 0.573. The Morgan fingerprint density at radius 2 is 1.95 bits per heavy atom. The molecule has 0 amide bonds. The molecule has 3 aromatic rings. The summed E-state index contributed by atoms with van der Waals surface area (Å²) in [7, 11) is 0. The molecule has 3 rings (SSSR count). The zero-order valence-corrected chi connectivity index (χ0v) is 13.0. The van der Waals surface area contributed by atoms with Gasteiger partial charge < -0.3 is 5.11 Å². The van der Waals surface area contributed by atoms with Crippen LogP contribution in [0, 0.1) is 0 Å². The summed E-state index contributed by atoms with van der Waals surface area (Å²) in [6.45, 7) is 0. The van der Waals surface area contributed by atoms with Crippen molar-refractivity contribution in [3.63, 3.8) is 0 Å². The van der Waals surface area contributed by atoms with Crippen LogP contribution in [0.4, 0.5) is 0 Å². The summed E-state index contributed by atoms with van der Waals surface area (Å²) in [4.78, 5) is 0. The minimum atomic E-state index is -0.715. The molecule has 0 aliphatic carbocycles. The molecule has 0 radical (unpaired) electrons. The van der Waals surface area contributed by atoms with Crippen molar-refractivity contribution in [2.24, 2.45) is 0 Å². The average molecular weight is 354 g/mol. The molecule has 0 fully saturated rings. The second-order valence-electron chi connectivity index (χ2n) is 4.25. The van der Waals surface area contributed by atoms with Gasteiger partial charge >= 0.3 is 0 Å². The number of hydrogen-bond acceptors (Lipinski definition) is 2. The molecule has 1 heterocycles. The topological polar surface area (TPSA) is 20.2 Å². The van der Waals surface area contributed by atoms with Gasteiger partial charge in [-0.2, -0.15) is 0 Å². The smallest absolute Gasteiger partial charge is 0.107 e. The zero-order chi connectivity index (χ0) is 13.4. The molecule has 0 aliphatic rings. The van der Waals surface area contributed by atoms with Crippen LogP contribution >= 0.6 is 38.9 Å². The summed E-state index contributed by atoms with van der Waals surface area (Å²) < 4.78 is 2.01. The van der Waals surface area contributed by atoms with Crippen molar-refractivity contribution in [2.75, 3.05) is 0 Å². The van der Waals surface area contributed by atoms with E-state index in [9.17, 15) is 5.11 Å². The van der Waals surface area contributed by atoms with Gasteiger partial charge in [0.1, 0.15) is 6.10 Å². The first-order chi connectivity index (χ1) is 9.16. The van der Waals surface area contributed by atoms with Crippen molar-refractivity contribution in [3.8, 4) is 0 Å². The molecule has 0 spiro atoms. The third-order valence-electron chi connectivity index (χ3n) is 3.06. The number of benzene rings is 2. The third-order valence-corrected chi connectivity index (χ3v) is 4.87. The van der Waals surface area contributed by atoms with Crippen molar-refractivity contribution in [1.29, 1.82) is 0 Å². The number of rotatable bonds is 2. The van der Waals surface area contributed by atoms with E-state index in [1.165, 1.54) is 0 Å². The summed E-state index contributed by atoms with van der Waals surface area (Å²) in [5, 5.41) is 14.4. The largest absolute Gasteiger partial charge is 0.384 e. The van der Waals surface area contributed by atoms with E-state index in [1.54, 1.807) is 17.4 Å². The first-order valence-corrected chi connectivity index (χ1v) is 7.81.